The Kier molecular flexibility index (Phi) is 9.33. The van der Waals surface area contributed by atoms with E-state index in [9.17, 15) is 24.0 Å². The van der Waals surface area contributed by atoms with Crippen molar-refractivity contribution in [2.75, 3.05) is 31.1 Å². The molecule has 302 valence electrons. The second kappa shape index (κ2) is 14.2. The number of fused-ring (bicyclic) bond motifs is 2. The second-order valence-electron chi connectivity index (χ2n) is 17.7. The maximum atomic E-state index is 13.8. The Hall–Kier alpha value is -5.76. The number of carbonyl (C=O) groups is 5. The monoisotopic (exact) mass is 813 g/mol. The number of pyridine rings is 1. The molecule has 1 saturated carbocycles. The number of halogens is 1. The summed E-state index contributed by atoms with van der Waals surface area (Å²) in [4.78, 5) is 80.2. The van der Waals surface area contributed by atoms with Gasteiger partial charge in [0.05, 0.1) is 40.5 Å². The lowest BCUT2D eigenvalue weighted by atomic mass is 9.49. The van der Waals surface area contributed by atoms with Crippen LogP contribution in [0.2, 0.25) is 5.02 Å². The zero-order valence-electron chi connectivity index (χ0n) is 33.4. The molecule has 6 aliphatic rings. The number of ether oxygens (including phenoxy) is 1. The zero-order chi connectivity index (χ0) is 41.5. The molecule has 9 rings (SSSR count). The number of piperidine rings is 2. The number of benzene rings is 2. The van der Waals surface area contributed by atoms with Gasteiger partial charge in [0.2, 0.25) is 17.5 Å². The Labute approximate surface area is 347 Å². The van der Waals surface area contributed by atoms with Crippen molar-refractivity contribution in [1.29, 1.82) is 0 Å². The third-order valence-electron chi connectivity index (χ3n) is 13.3. The van der Waals surface area contributed by atoms with Crippen molar-refractivity contribution >= 4 is 52.5 Å². The fourth-order valence-electron chi connectivity index (χ4n) is 10.6. The lowest BCUT2D eigenvalue weighted by Crippen LogP contribution is -2.74. The van der Waals surface area contributed by atoms with Gasteiger partial charge in [0.15, 0.2) is 0 Å². The number of carbonyl (C=O) groups excluding carboxylic acids is 5. The van der Waals surface area contributed by atoms with Crippen LogP contribution in [0.1, 0.15) is 95.8 Å². The summed E-state index contributed by atoms with van der Waals surface area (Å²) in [5.41, 5.74) is 3.11. The Morgan fingerprint density at radius 3 is 2.29 bits per heavy atom. The van der Waals surface area contributed by atoms with Crippen LogP contribution in [0.25, 0.3) is 4.85 Å². The van der Waals surface area contributed by atoms with Crippen molar-refractivity contribution in [1.82, 2.24) is 25.0 Å². The Morgan fingerprint density at radius 2 is 1.59 bits per heavy atom. The maximum absolute atomic E-state index is 13.8. The lowest BCUT2D eigenvalue weighted by Gasteiger charge is -2.65. The van der Waals surface area contributed by atoms with Gasteiger partial charge in [0.1, 0.15) is 23.6 Å². The number of hydrogen-bond acceptors (Lipinski definition) is 9. The minimum absolute atomic E-state index is 0.0285. The molecule has 4 fully saturated rings. The van der Waals surface area contributed by atoms with Crippen LogP contribution < -0.4 is 15.0 Å². The summed E-state index contributed by atoms with van der Waals surface area (Å²) in [6.45, 7) is 19.6. The third kappa shape index (κ3) is 6.43. The van der Waals surface area contributed by atoms with E-state index in [4.69, 9.17) is 27.9 Å². The molecule has 0 spiro atoms. The molecule has 1 aliphatic carbocycles. The summed E-state index contributed by atoms with van der Waals surface area (Å²) in [7, 11) is 0. The highest BCUT2D eigenvalue weighted by molar-refractivity contribution is 6.33. The van der Waals surface area contributed by atoms with Gasteiger partial charge in [-0.1, -0.05) is 51.3 Å². The molecule has 6 heterocycles. The summed E-state index contributed by atoms with van der Waals surface area (Å²) < 4.78 is 6.47. The first kappa shape index (κ1) is 38.7. The maximum Gasteiger partial charge on any atom is 0.262 e. The first-order chi connectivity index (χ1) is 28.1. The number of aromatic nitrogens is 1. The first-order valence-corrected chi connectivity index (χ1v) is 20.5. The number of likely N-dealkylation sites (tertiary alicyclic amines) is 1. The van der Waals surface area contributed by atoms with E-state index in [0.717, 1.165) is 55.3 Å². The predicted octanol–water partition coefficient (Wildman–Crippen LogP) is 5.48. The van der Waals surface area contributed by atoms with Gasteiger partial charge in [0, 0.05) is 54.0 Å². The summed E-state index contributed by atoms with van der Waals surface area (Å²) in [6.07, 6.45) is 1.90. The lowest BCUT2D eigenvalue weighted by molar-refractivity contribution is -0.199. The fourth-order valence-corrected chi connectivity index (χ4v) is 10.8. The van der Waals surface area contributed by atoms with Crippen LogP contribution in [-0.4, -0.2) is 99.6 Å². The van der Waals surface area contributed by atoms with Crippen LogP contribution in [0, 0.1) is 35.2 Å². The van der Waals surface area contributed by atoms with E-state index in [1.165, 1.54) is 0 Å². The molecule has 3 saturated heterocycles. The van der Waals surface area contributed by atoms with Crippen LogP contribution in [0.3, 0.4) is 0 Å². The number of nitrogens with zero attached hydrogens (tertiary/aromatic N) is 6. The highest BCUT2D eigenvalue weighted by Crippen LogP contribution is 2.59. The summed E-state index contributed by atoms with van der Waals surface area (Å²) >= 11 is 6.29. The van der Waals surface area contributed by atoms with Gasteiger partial charge in [-0.25, -0.2) is 9.83 Å². The summed E-state index contributed by atoms with van der Waals surface area (Å²) in [6, 6.07) is 13.4. The third-order valence-corrected chi connectivity index (χ3v) is 13.6. The molecular weight excluding hydrogens is 770 g/mol. The van der Waals surface area contributed by atoms with E-state index in [1.807, 2.05) is 23.1 Å². The van der Waals surface area contributed by atoms with Gasteiger partial charge in [-0.3, -0.25) is 39.1 Å². The average molecular weight is 814 g/mol. The quantitative estimate of drug-likeness (QED) is 0.195. The van der Waals surface area contributed by atoms with Crippen LogP contribution in [0.15, 0.2) is 48.5 Å². The molecule has 1 atom stereocenters. The van der Waals surface area contributed by atoms with Gasteiger partial charge in [-0.15, -0.1) is 0 Å². The van der Waals surface area contributed by atoms with Crippen LogP contribution in [0.5, 0.6) is 5.75 Å². The number of rotatable bonds is 6. The minimum Gasteiger partial charge on any atom is -0.489 e. The number of amides is 5. The zero-order valence-corrected chi connectivity index (χ0v) is 34.1. The molecule has 0 bridgehead atoms. The molecule has 3 aromatic rings. The normalized spacial score (nSPS) is 25.1. The van der Waals surface area contributed by atoms with Crippen molar-refractivity contribution in [2.24, 2.45) is 16.7 Å². The molecule has 5 amide bonds. The Morgan fingerprint density at radius 1 is 0.881 bits per heavy atom. The molecule has 1 aromatic heterocycles. The largest absolute Gasteiger partial charge is 0.489 e. The van der Waals surface area contributed by atoms with Gasteiger partial charge >= 0.3 is 0 Å². The standard InChI is InChI=1S/C45H44ClN7O6/c1-44(2)42(45(3,4)43(44)59-29-10-13-34(47-5)33(46)21-29)52-24-35-31(39(52)56)11-8-26(48-35)7-6-25-16-18-50(19-17-25)28-22-51(23-28)27-9-12-30-32(20-27)41(58)53(40(30)57)36-14-15-37(54)49-38(36)55/h8-13,20-21,25,28,36,42-43H,14-19,22-24H2,1-4H3,(H,49,54,55). The summed E-state index contributed by atoms with van der Waals surface area (Å²) in [5.74, 6) is 5.57. The van der Waals surface area contributed by atoms with E-state index in [0.29, 0.717) is 45.9 Å². The van der Waals surface area contributed by atoms with Gasteiger partial charge < -0.3 is 14.5 Å². The number of anilines is 1. The summed E-state index contributed by atoms with van der Waals surface area (Å²) in [5, 5.41) is 2.59. The van der Waals surface area contributed by atoms with Crippen molar-refractivity contribution in [2.45, 2.75) is 84.2 Å². The van der Waals surface area contributed by atoms with E-state index < -0.39 is 29.7 Å². The molecule has 59 heavy (non-hydrogen) atoms. The van der Waals surface area contributed by atoms with Crippen LogP contribution >= 0.6 is 11.6 Å². The van der Waals surface area contributed by atoms with E-state index in [1.54, 1.807) is 30.3 Å². The highest BCUT2D eigenvalue weighted by atomic mass is 35.5. The second-order valence-corrected chi connectivity index (χ2v) is 18.1. The number of nitrogens with one attached hydrogen (secondary N) is 1. The predicted molar refractivity (Wildman–Crippen MR) is 218 cm³/mol. The van der Waals surface area contributed by atoms with Crippen molar-refractivity contribution in [3.05, 3.63) is 93.0 Å². The van der Waals surface area contributed by atoms with Gasteiger partial charge in [-0.2, -0.15) is 0 Å². The van der Waals surface area contributed by atoms with Crippen LogP contribution in [0.4, 0.5) is 11.4 Å². The van der Waals surface area contributed by atoms with E-state index in [-0.39, 0.29) is 53.2 Å². The van der Waals surface area contributed by atoms with Gasteiger partial charge in [0.25, 0.3) is 17.7 Å². The van der Waals surface area contributed by atoms with Crippen LogP contribution in [-0.2, 0) is 16.1 Å². The molecule has 1 unspecified atom stereocenters. The number of imide groups is 2. The van der Waals surface area contributed by atoms with E-state index in [2.05, 4.69) is 59.5 Å². The van der Waals surface area contributed by atoms with Crippen molar-refractivity contribution in [3.63, 3.8) is 0 Å². The Balaban J connectivity index is 0.777. The SMILES string of the molecule is [C-]#[N+]c1ccc(OC2C(C)(C)C(N3Cc4nc(C#CC5CCN(C6CN(c7ccc8c(c7)C(=O)N(C7CCC(=O)NC7=O)C8=O)C6)CC5)ccc4C3=O)C2(C)C)cc1Cl. The molecule has 5 aliphatic heterocycles. The minimum atomic E-state index is -0.982. The van der Waals surface area contributed by atoms with Crippen molar-refractivity contribution < 1.29 is 28.7 Å². The molecule has 14 heteroatoms. The molecule has 0 radical (unpaired) electrons. The first-order valence-electron chi connectivity index (χ1n) is 20.2. The molecule has 1 N–H and O–H groups in total. The topological polar surface area (TPSA) is 137 Å². The number of hydrogen-bond donors (Lipinski definition) is 1. The Bertz CT molecular complexity index is 2440. The average Bonchev–Trinajstić information content (AvgIpc) is 3.62. The molecule has 2 aromatic carbocycles. The smallest absolute Gasteiger partial charge is 0.262 e. The highest BCUT2D eigenvalue weighted by Gasteiger charge is 2.67. The molecule has 13 nitrogen and oxygen atoms in total. The van der Waals surface area contributed by atoms with E-state index >= 15 is 0 Å². The molecular formula is C45H44ClN7O6. The van der Waals surface area contributed by atoms with Gasteiger partial charge in [-0.05, 0) is 80.7 Å². The van der Waals surface area contributed by atoms with Crippen molar-refractivity contribution in [3.8, 4) is 17.6 Å². The fraction of sp³-hybridized carbons (Fsp3) is 0.444.